The first-order valence-electron chi connectivity index (χ1n) is 10.6. The highest BCUT2D eigenvalue weighted by Gasteiger charge is 2.38. The number of thioether (sulfide) groups is 1. The normalized spacial score (nSPS) is 21.2. The topological polar surface area (TPSA) is 35.9 Å². The molecule has 0 N–H and O–H groups in total. The van der Waals surface area contributed by atoms with Crippen LogP contribution in [0.4, 0.5) is 5.69 Å². The van der Waals surface area contributed by atoms with Gasteiger partial charge in [0.2, 0.25) is 0 Å². The Hall–Kier alpha value is -2.53. The van der Waals surface area contributed by atoms with E-state index in [0.29, 0.717) is 6.42 Å². The molecule has 2 fully saturated rings. The number of likely N-dealkylation sites (N-methyl/N-ethyl adjacent to an activating group) is 1. The van der Waals surface area contributed by atoms with Crippen molar-refractivity contribution in [2.24, 2.45) is 4.99 Å². The summed E-state index contributed by atoms with van der Waals surface area (Å²) in [6.45, 7) is 3.76. The molecule has 0 unspecified atom stereocenters. The number of carbonyl (C=O) groups excluding carboxylic acids is 1. The van der Waals surface area contributed by atoms with Gasteiger partial charge in [-0.15, -0.1) is 0 Å². The number of allylic oxidation sites excluding steroid dienone is 5. The molecule has 0 bridgehead atoms. The summed E-state index contributed by atoms with van der Waals surface area (Å²) in [6, 6.07) is 10.2. The average molecular weight is 422 g/mol. The Morgan fingerprint density at radius 1 is 1.23 bits per heavy atom. The predicted molar refractivity (Wildman–Crippen MR) is 129 cm³/mol. The van der Waals surface area contributed by atoms with Gasteiger partial charge >= 0.3 is 0 Å². The molecule has 30 heavy (non-hydrogen) atoms. The molecule has 1 heterocycles. The maximum absolute atomic E-state index is 13.2. The molecule has 1 aromatic carbocycles. The zero-order valence-corrected chi connectivity index (χ0v) is 18.8. The third kappa shape index (κ3) is 5.76. The molecule has 158 valence electrons. The van der Waals surface area contributed by atoms with Crippen LogP contribution in [0, 0.1) is 0 Å². The number of amides is 1. The zero-order chi connectivity index (χ0) is 21.3. The summed E-state index contributed by atoms with van der Waals surface area (Å²) in [5.74, 6) is 0.101. The molecule has 0 atom stereocenters. The van der Waals surface area contributed by atoms with Crippen molar-refractivity contribution in [1.82, 2.24) is 9.80 Å². The lowest BCUT2D eigenvalue weighted by atomic mass is 9.94. The first-order valence-corrected chi connectivity index (χ1v) is 11.4. The minimum Gasteiger partial charge on any atom is -0.378 e. The smallest absolute Gasteiger partial charge is 0.266 e. The Kier molecular flexibility index (Phi) is 8.14. The standard InChI is InChI=1S/C25H31N3OS/c1-4-13-21(27(2)3)16-11-12-19-23-24(29)28(22-17-9-6-10-18-22)25(30-23)26-20-14-7-5-8-15-20/h4-5,7-8,11,13-16,19,22H,1,6,9-10,12,17-18H2,2-3H3/b16-11-,21-13+,23-19-,26-25?. The first-order chi connectivity index (χ1) is 14.6. The van der Waals surface area contributed by atoms with E-state index >= 15 is 0 Å². The van der Waals surface area contributed by atoms with E-state index < -0.39 is 0 Å². The van der Waals surface area contributed by atoms with E-state index in [1.165, 1.54) is 31.0 Å². The Balaban J connectivity index is 1.79. The minimum atomic E-state index is 0.101. The lowest BCUT2D eigenvalue weighted by Gasteiger charge is -2.30. The summed E-state index contributed by atoms with van der Waals surface area (Å²) in [5, 5.41) is 0.814. The van der Waals surface area contributed by atoms with Crippen molar-refractivity contribution in [3.05, 3.63) is 77.9 Å². The van der Waals surface area contributed by atoms with Gasteiger partial charge in [0, 0.05) is 25.8 Å². The van der Waals surface area contributed by atoms with Crippen molar-refractivity contribution in [2.45, 2.75) is 44.6 Å². The highest BCUT2D eigenvalue weighted by Crippen LogP contribution is 2.37. The van der Waals surface area contributed by atoms with E-state index in [9.17, 15) is 4.79 Å². The van der Waals surface area contributed by atoms with Gasteiger partial charge in [-0.3, -0.25) is 9.69 Å². The highest BCUT2D eigenvalue weighted by atomic mass is 32.2. The molecule has 0 radical (unpaired) electrons. The molecular weight excluding hydrogens is 390 g/mol. The summed E-state index contributed by atoms with van der Waals surface area (Å²) < 4.78 is 0. The van der Waals surface area contributed by atoms with E-state index in [0.717, 1.165) is 34.3 Å². The van der Waals surface area contributed by atoms with Crippen molar-refractivity contribution < 1.29 is 4.79 Å². The molecular formula is C25H31N3OS. The summed E-state index contributed by atoms with van der Waals surface area (Å²) in [7, 11) is 4.01. The van der Waals surface area contributed by atoms with Crippen LogP contribution in [-0.4, -0.2) is 41.0 Å². The van der Waals surface area contributed by atoms with Crippen LogP contribution in [0.5, 0.6) is 0 Å². The van der Waals surface area contributed by atoms with Crippen LogP contribution in [0.25, 0.3) is 0 Å². The van der Waals surface area contributed by atoms with Gasteiger partial charge in [-0.2, -0.15) is 0 Å². The first kappa shape index (κ1) is 22.2. The van der Waals surface area contributed by atoms with Gasteiger partial charge in [0.05, 0.1) is 10.6 Å². The molecule has 1 saturated heterocycles. The van der Waals surface area contributed by atoms with Gasteiger partial charge in [-0.1, -0.05) is 62.3 Å². The second-order valence-corrected chi connectivity index (χ2v) is 8.74. The number of hydrogen-bond donors (Lipinski definition) is 0. The maximum Gasteiger partial charge on any atom is 0.266 e. The van der Waals surface area contributed by atoms with Crippen molar-refractivity contribution >= 4 is 28.5 Å². The van der Waals surface area contributed by atoms with Crippen molar-refractivity contribution in [1.29, 1.82) is 0 Å². The number of benzene rings is 1. The summed E-state index contributed by atoms with van der Waals surface area (Å²) in [6.07, 6.45) is 16.4. The lowest BCUT2D eigenvalue weighted by molar-refractivity contribution is -0.124. The number of para-hydroxylation sites is 1. The summed E-state index contributed by atoms with van der Waals surface area (Å²) in [4.78, 5) is 22.8. The van der Waals surface area contributed by atoms with Crippen LogP contribution in [0.1, 0.15) is 38.5 Å². The lowest BCUT2D eigenvalue weighted by Crippen LogP contribution is -2.40. The molecule has 0 spiro atoms. The van der Waals surface area contributed by atoms with Crippen LogP contribution in [0.15, 0.2) is 82.9 Å². The Morgan fingerprint density at radius 3 is 2.63 bits per heavy atom. The Morgan fingerprint density at radius 2 is 1.97 bits per heavy atom. The van der Waals surface area contributed by atoms with Gasteiger partial charge in [-0.05, 0) is 55.3 Å². The largest absolute Gasteiger partial charge is 0.378 e. The number of nitrogens with zero attached hydrogens (tertiary/aromatic N) is 3. The monoisotopic (exact) mass is 421 g/mol. The van der Waals surface area contributed by atoms with E-state index in [1.54, 1.807) is 6.08 Å². The Bertz CT molecular complexity index is 862. The fourth-order valence-corrected chi connectivity index (χ4v) is 4.76. The third-order valence-corrected chi connectivity index (χ3v) is 6.32. The number of hydrogen-bond acceptors (Lipinski definition) is 4. The van der Waals surface area contributed by atoms with Gasteiger partial charge in [0.15, 0.2) is 5.17 Å². The summed E-state index contributed by atoms with van der Waals surface area (Å²) >= 11 is 1.50. The van der Waals surface area contributed by atoms with E-state index in [-0.39, 0.29) is 11.9 Å². The van der Waals surface area contributed by atoms with Crippen LogP contribution in [0.3, 0.4) is 0 Å². The fourth-order valence-electron chi connectivity index (χ4n) is 3.71. The molecule has 1 saturated carbocycles. The molecule has 1 amide bonds. The second-order valence-electron chi connectivity index (χ2n) is 7.73. The van der Waals surface area contributed by atoms with Gasteiger partial charge in [0.25, 0.3) is 5.91 Å². The van der Waals surface area contributed by atoms with E-state index in [1.807, 2.05) is 66.4 Å². The van der Waals surface area contributed by atoms with Crippen LogP contribution in [-0.2, 0) is 4.79 Å². The molecule has 1 aliphatic carbocycles. The molecule has 1 aliphatic heterocycles. The zero-order valence-electron chi connectivity index (χ0n) is 18.0. The third-order valence-electron chi connectivity index (χ3n) is 5.29. The minimum absolute atomic E-state index is 0.101. The number of amidine groups is 1. The molecule has 0 aromatic heterocycles. The van der Waals surface area contributed by atoms with Gasteiger partial charge < -0.3 is 4.90 Å². The number of rotatable bonds is 7. The molecule has 2 aliphatic rings. The Labute approximate surface area is 184 Å². The number of carbonyl (C=O) groups is 1. The fraction of sp³-hybridized carbons (Fsp3) is 0.360. The molecule has 5 heteroatoms. The maximum atomic E-state index is 13.2. The molecule has 1 aromatic rings. The SMILES string of the molecule is C=C/C=C(\C=C/C/C=C1\SC(=Nc2ccccc2)N(C2CCCCC2)C1=O)N(C)C. The van der Waals surface area contributed by atoms with E-state index in [2.05, 4.69) is 18.7 Å². The second kappa shape index (κ2) is 11.0. The molecule has 4 nitrogen and oxygen atoms in total. The van der Waals surface area contributed by atoms with Crippen LogP contribution < -0.4 is 0 Å². The highest BCUT2D eigenvalue weighted by molar-refractivity contribution is 8.18. The number of aliphatic imine (C=N–C) groups is 1. The van der Waals surface area contributed by atoms with Crippen LogP contribution >= 0.6 is 11.8 Å². The summed E-state index contributed by atoms with van der Waals surface area (Å²) in [5.41, 5.74) is 1.96. The van der Waals surface area contributed by atoms with E-state index in [4.69, 9.17) is 4.99 Å². The predicted octanol–water partition coefficient (Wildman–Crippen LogP) is 6.04. The van der Waals surface area contributed by atoms with Crippen molar-refractivity contribution in [3.63, 3.8) is 0 Å². The quantitative estimate of drug-likeness (QED) is 0.397. The van der Waals surface area contributed by atoms with Crippen molar-refractivity contribution in [2.75, 3.05) is 14.1 Å². The van der Waals surface area contributed by atoms with Gasteiger partial charge in [-0.25, -0.2) is 4.99 Å². The molecule has 3 rings (SSSR count). The van der Waals surface area contributed by atoms with Crippen molar-refractivity contribution in [3.8, 4) is 0 Å². The average Bonchev–Trinajstić information content (AvgIpc) is 3.06. The van der Waals surface area contributed by atoms with Gasteiger partial charge in [0.1, 0.15) is 0 Å². The van der Waals surface area contributed by atoms with Crippen LogP contribution in [0.2, 0.25) is 0 Å².